The van der Waals surface area contributed by atoms with E-state index in [0.29, 0.717) is 13.0 Å². The normalized spacial score (nSPS) is 20.6. The molecular weight excluding hydrogens is 280 g/mol. The molecule has 0 bridgehead atoms. The van der Waals surface area contributed by atoms with Crippen LogP contribution in [-0.4, -0.2) is 31.1 Å². The number of carbonyl (C=O) groups is 2. The average Bonchev–Trinajstić information content (AvgIpc) is 3.08. The minimum atomic E-state index is -0.343. The van der Waals surface area contributed by atoms with Crippen LogP contribution in [0, 0.1) is 0 Å². The van der Waals surface area contributed by atoms with Crippen LogP contribution in [0.15, 0.2) is 18.2 Å². The highest BCUT2D eigenvalue weighted by atomic mass is 16.5. The minimum absolute atomic E-state index is 0.0957. The Morgan fingerprint density at radius 3 is 2.95 bits per heavy atom. The van der Waals surface area contributed by atoms with Crippen molar-refractivity contribution >= 4 is 23.2 Å². The number of hydrogen-bond donors (Lipinski definition) is 1. The lowest BCUT2D eigenvalue weighted by molar-refractivity contribution is -0.124. The first kappa shape index (κ1) is 15.0. The zero-order chi connectivity index (χ0) is 15.5. The fourth-order valence-corrected chi connectivity index (χ4v) is 3.11. The van der Waals surface area contributed by atoms with Crippen LogP contribution in [-0.2, 0) is 20.7 Å². The molecule has 1 atom stereocenters. The standard InChI is InChI=1S/C17H22N2O3/c1-2-16(20)19-9-3-5-12-7-8-13(11-14(12)19)18-17(21)15-6-4-10-22-15/h7-8,11,15H,2-6,9-10H2,1H3,(H,18,21). The van der Waals surface area contributed by atoms with Crippen molar-refractivity contribution in [1.82, 2.24) is 0 Å². The van der Waals surface area contributed by atoms with Crippen LogP contribution in [0.1, 0.15) is 38.2 Å². The van der Waals surface area contributed by atoms with Gasteiger partial charge in [0, 0.05) is 30.9 Å². The molecule has 5 nitrogen and oxygen atoms in total. The van der Waals surface area contributed by atoms with Gasteiger partial charge >= 0.3 is 0 Å². The van der Waals surface area contributed by atoms with Crippen molar-refractivity contribution in [3.8, 4) is 0 Å². The van der Waals surface area contributed by atoms with Crippen LogP contribution >= 0.6 is 0 Å². The number of ether oxygens (including phenoxy) is 1. The molecule has 0 spiro atoms. The second kappa shape index (κ2) is 6.48. The number of rotatable bonds is 3. The molecule has 0 aromatic heterocycles. The van der Waals surface area contributed by atoms with Gasteiger partial charge in [0.15, 0.2) is 0 Å². The van der Waals surface area contributed by atoms with Crippen molar-refractivity contribution < 1.29 is 14.3 Å². The van der Waals surface area contributed by atoms with Gasteiger partial charge in [-0.05, 0) is 43.4 Å². The number of anilines is 2. The quantitative estimate of drug-likeness (QED) is 0.933. The molecule has 118 valence electrons. The fraction of sp³-hybridized carbons (Fsp3) is 0.529. The molecule has 1 aromatic carbocycles. The minimum Gasteiger partial charge on any atom is -0.368 e. The van der Waals surface area contributed by atoms with Crippen LogP contribution in [0.3, 0.4) is 0 Å². The summed E-state index contributed by atoms with van der Waals surface area (Å²) < 4.78 is 5.40. The maximum absolute atomic E-state index is 12.1. The highest BCUT2D eigenvalue weighted by molar-refractivity contribution is 5.97. The van der Waals surface area contributed by atoms with Gasteiger partial charge in [-0.2, -0.15) is 0 Å². The first-order valence-electron chi connectivity index (χ1n) is 8.05. The van der Waals surface area contributed by atoms with Crippen LogP contribution in [0.4, 0.5) is 11.4 Å². The third kappa shape index (κ3) is 2.99. The number of nitrogens with one attached hydrogen (secondary N) is 1. The molecule has 2 aliphatic rings. The third-order valence-corrected chi connectivity index (χ3v) is 4.30. The van der Waals surface area contributed by atoms with Crippen molar-refractivity contribution in [2.24, 2.45) is 0 Å². The third-order valence-electron chi connectivity index (χ3n) is 4.30. The Morgan fingerprint density at radius 2 is 2.23 bits per heavy atom. The van der Waals surface area contributed by atoms with Crippen molar-refractivity contribution in [3.63, 3.8) is 0 Å². The summed E-state index contributed by atoms with van der Waals surface area (Å²) in [7, 11) is 0. The molecule has 1 fully saturated rings. The SMILES string of the molecule is CCC(=O)N1CCCc2ccc(NC(=O)C3CCCO3)cc21. The number of nitrogens with zero attached hydrogens (tertiary/aromatic N) is 1. The number of hydrogen-bond acceptors (Lipinski definition) is 3. The Balaban J connectivity index is 1.79. The number of fused-ring (bicyclic) bond motifs is 1. The van der Waals surface area contributed by atoms with E-state index in [0.717, 1.165) is 43.6 Å². The van der Waals surface area contributed by atoms with E-state index in [1.54, 1.807) is 0 Å². The van der Waals surface area contributed by atoms with Gasteiger partial charge in [-0.1, -0.05) is 13.0 Å². The zero-order valence-corrected chi connectivity index (χ0v) is 12.9. The van der Waals surface area contributed by atoms with E-state index in [2.05, 4.69) is 5.32 Å². The van der Waals surface area contributed by atoms with E-state index in [4.69, 9.17) is 4.74 Å². The zero-order valence-electron chi connectivity index (χ0n) is 12.9. The molecule has 0 radical (unpaired) electrons. The maximum Gasteiger partial charge on any atom is 0.253 e. The van der Waals surface area contributed by atoms with E-state index in [9.17, 15) is 9.59 Å². The van der Waals surface area contributed by atoms with Crippen molar-refractivity contribution in [2.45, 2.75) is 45.1 Å². The predicted molar refractivity (Wildman–Crippen MR) is 85.0 cm³/mol. The predicted octanol–water partition coefficient (Wildman–Crippen LogP) is 2.49. The Kier molecular flexibility index (Phi) is 4.43. The first-order chi connectivity index (χ1) is 10.7. The maximum atomic E-state index is 12.1. The number of benzene rings is 1. The molecule has 1 N–H and O–H groups in total. The molecule has 3 rings (SSSR count). The van der Waals surface area contributed by atoms with Gasteiger partial charge in [-0.3, -0.25) is 9.59 Å². The van der Waals surface area contributed by atoms with E-state index in [1.165, 1.54) is 5.56 Å². The molecule has 0 saturated carbocycles. The summed E-state index contributed by atoms with van der Waals surface area (Å²) >= 11 is 0. The van der Waals surface area contributed by atoms with Gasteiger partial charge in [0.2, 0.25) is 5.91 Å². The van der Waals surface area contributed by atoms with Gasteiger partial charge in [0.05, 0.1) is 0 Å². The summed E-state index contributed by atoms with van der Waals surface area (Å²) in [4.78, 5) is 26.1. The molecule has 22 heavy (non-hydrogen) atoms. The summed E-state index contributed by atoms with van der Waals surface area (Å²) in [5.74, 6) is 0.0326. The molecule has 1 saturated heterocycles. The molecule has 2 amide bonds. The first-order valence-corrected chi connectivity index (χ1v) is 8.05. The topological polar surface area (TPSA) is 58.6 Å². The van der Waals surface area contributed by atoms with Gasteiger partial charge in [0.1, 0.15) is 6.10 Å². The summed E-state index contributed by atoms with van der Waals surface area (Å²) in [6.07, 6.45) is 3.82. The highest BCUT2D eigenvalue weighted by Crippen LogP contribution is 2.30. The van der Waals surface area contributed by atoms with Gasteiger partial charge < -0.3 is 15.0 Å². The second-order valence-electron chi connectivity index (χ2n) is 5.84. The van der Waals surface area contributed by atoms with Crippen LogP contribution in [0.5, 0.6) is 0 Å². The monoisotopic (exact) mass is 302 g/mol. The summed E-state index contributed by atoms with van der Waals surface area (Å²) in [6, 6.07) is 5.83. The van der Waals surface area contributed by atoms with Crippen LogP contribution in [0.2, 0.25) is 0 Å². The molecule has 0 aliphatic carbocycles. The van der Waals surface area contributed by atoms with E-state index in [1.807, 2.05) is 30.0 Å². The summed E-state index contributed by atoms with van der Waals surface area (Å²) in [5.41, 5.74) is 2.83. The Hall–Kier alpha value is -1.88. The van der Waals surface area contributed by atoms with E-state index < -0.39 is 0 Å². The summed E-state index contributed by atoms with van der Waals surface area (Å²) in [6.45, 7) is 3.28. The van der Waals surface area contributed by atoms with Crippen molar-refractivity contribution in [1.29, 1.82) is 0 Å². The summed E-state index contributed by atoms with van der Waals surface area (Å²) in [5, 5.41) is 2.91. The smallest absolute Gasteiger partial charge is 0.253 e. The van der Waals surface area contributed by atoms with Crippen LogP contribution in [0.25, 0.3) is 0 Å². The molecule has 5 heteroatoms. The number of aryl methyl sites for hydroxylation is 1. The van der Waals surface area contributed by atoms with Gasteiger partial charge in [-0.25, -0.2) is 0 Å². The Labute approximate surface area is 130 Å². The molecule has 2 aliphatic heterocycles. The molecule has 1 aromatic rings. The molecule has 1 unspecified atom stereocenters. The second-order valence-corrected chi connectivity index (χ2v) is 5.84. The average molecular weight is 302 g/mol. The fourth-order valence-electron chi connectivity index (χ4n) is 3.11. The molecular formula is C17H22N2O3. The van der Waals surface area contributed by atoms with E-state index >= 15 is 0 Å². The Morgan fingerprint density at radius 1 is 1.36 bits per heavy atom. The highest BCUT2D eigenvalue weighted by Gasteiger charge is 2.25. The van der Waals surface area contributed by atoms with Crippen LogP contribution < -0.4 is 10.2 Å². The number of amides is 2. The van der Waals surface area contributed by atoms with E-state index in [-0.39, 0.29) is 17.9 Å². The number of carbonyl (C=O) groups excluding carboxylic acids is 2. The van der Waals surface area contributed by atoms with Crippen molar-refractivity contribution in [3.05, 3.63) is 23.8 Å². The largest absolute Gasteiger partial charge is 0.368 e. The van der Waals surface area contributed by atoms with Crippen molar-refractivity contribution in [2.75, 3.05) is 23.4 Å². The lowest BCUT2D eigenvalue weighted by atomic mass is 10.0. The Bertz CT molecular complexity index is 579. The lowest BCUT2D eigenvalue weighted by Crippen LogP contribution is -2.35. The lowest BCUT2D eigenvalue weighted by Gasteiger charge is -2.30. The molecule has 2 heterocycles. The van der Waals surface area contributed by atoms with Gasteiger partial charge in [-0.15, -0.1) is 0 Å². The van der Waals surface area contributed by atoms with Gasteiger partial charge in [0.25, 0.3) is 5.91 Å².